The lowest BCUT2D eigenvalue weighted by Crippen LogP contribution is -2.16. The highest BCUT2D eigenvalue weighted by molar-refractivity contribution is 7.16. The molecule has 31 heavy (non-hydrogen) atoms. The standard InChI is InChI=1S/C22H19ClN4O3S/c1-2-4-19-26-27-20(28)12-17(25-22(27)31-19)13-30-18-9-7-16(8-10-18)24-21(29)14-5-3-6-15(23)11-14/h3,5-12H,2,4,13H2,1H3,(H,24,29). The van der Waals surface area contributed by atoms with Crippen molar-refractivity contribution in [3.8, 4) is 5.75 Å². The molecule has 158 valence electrons. The van der Waals surface area contributed by atoms with Crippen molar-refractivity contribution in [2.75, 3.05) is 5.32 Å². The highest BCUT2D eigenvalue weighted by Gasteiger charge is 2.10. The first-order valence-electron chi connectivity index (χ1n) is 9.70. The second-order valence-electron chi connectivity index (χ2n) is 6.80. The molecule has 2 heterocycles. The summed E-state index contributed by atoms with van der Waals surface area (Å²) in [5.74, 6) is 0.347. The zero-order chi connectivity index (χ0) is 21.8. The fourth-order valence-corrected chi connectivity index (χ4v) is 4.12. The van der Waals surface area contributed by atoms with E-state index in [1.807, 2.05) is 0 Å². The van der Waals surface area contributed by atoms with Crippen LogP contribution >= 0.6 is 22.9 Å². The maximum Gasteiger partial charge on any atom is 0.275 e. The number of hydrogen-bond donors (Lipinski definition) is 1. The Morgan fingerprint density at radius 2 is 2.00 bits per heavy atom. The van der Waals surface area contributed by atoms with Crippen LogP contribution in [-0.2, 0) is 13.0 Å². The van der Waals surface area contributed by atoms with Gasteiger partial charge in [-0.05, 0) is 48.9 Å². The largest absolute Gasteiger partial charge is 0.487 e. The average molecular weight is 455 g/mol. The molecule has 9 heteroatoms. The molecule has 7 nitrogen and oxygen atoms in total. The second-order valence-corrected chi connectivity index (χ2v) is 8.28. The zero-order valence-electron chi connectivity index (χ0n) is 16.7. The summed E-state index contributed by atoms with van der Waals surface area (Å²) in [6.07, 6.45) is 1.78. The zero-order valence-corrected chi connectivity index (χ0v) is 18.2. The molecule has 0 spiro atoms. The maximum atomic E-state index is 12.3. The van der Waals surface area contributed by atoms with Gasteiger partial charge in [-0.3, -0.25) is 9.59 Å². The number of ether oxygens (including phenoxy) is 1. The minimum Gasteiger partial charge on any atom is -0.487 e. The van der Waals surface area contributed by atoms with Gasteiger partial charge in [-0.25, -0.2) is 4.98 Å². The van der Waals surface area contributed by atoms with Gasteiger partial charge < -0.3 is 10.1 Å². The summed E-state index contributed by atoms with van der Waals surface area (Å²) in [6.45, 7) is 2.22. The smallest absolute Gasteiger partial charge is 0.275 e. The van der Waals surface area contributed by atoms with Crippen LogP contribution in [0.15, 0.2) is 59.4 Å². The molecule has 1 amide bonds. The van der Waals surface area contributed by atoms with Gasteiger partial charge in [0.1, 0.15) is 17.4 Å². The predicted octanol–water partition coefficient (Wildman–Crippen LogP) is 4.59. The van der Waals surface area contributed by atoms with Gasteiger partial charge in [-0.15, -0.1) is 0 Å². The summed E-state index contributed by atoms with van der Waals surface area (Å²) < 4.78 is 7.08. The van der Waals surface area contributed by atoms with Gasteiger partial charge >= 0.3 is 0 Å². The molecular formula is C22H19ClN4O3S. The van der Waals surface area contributed by atoms with Crippen LogP contribution in [0.1, 0.15) is 34.4 Å². The van der Waals surface area contributed by atoms with E-state index in [-0.39, 0.29) is 18.1 Å². The van der Waals surface area contributed by atoms with E-state index < -0.39 is 0 Å². The minimum absolute atomic E-state index is 0.154. The molecule has 0 atom stereocenters. The first-order valence-corrected chi connectivity index (χ1v) is 10.9. The van der Waals surface area contributed by atoms with Crippen LogP contribution in [-0.4, -0.2) is 20.5 Å². The topological polar surface area (TPSA) is 85.6 Å². The molecule has 0 bridgehead atoms. The molecule has 0 aliphatic rings. The summed E-state index contributed by atoms with van der Waals surface area (Å²) in [5.41, 5.74) is 1.42. The average Bonchev–Trinajstić information content (AvgIpc) is 3.17. The van der Waals surface area contributed by atoms with Crippen molar-refractivity contribution in [2.24, 2.45) is 0 Å². The van der Waals surface area contributed by atoms with E-state index in [4.69, 9.17) is 16.3 Å². The molecule has 1 N–H and O–H groups in total. The molecule has 0 radical (unpaired) electrons. The summed E-state index contributed by atoms with van der Waals surface area (Å²) in [7, 11) is 0. The van der Waals surface area contributed by atoms with Gasteiger partial charge in [0.2, 0.25) is 4.96 Å². The van der Waals surface area contributed by atoms with E-state index in [1.165, 1.54) is 21.9 Å². The van der Waals surface area contributed by atoms with Crippen LogP contribution in [0.2, 0.25) is 5.02 Å². The molecular weight excluding hydrogens is 436 g/mol. The number of amides is 1. The number of carbonyl (C=O) groups excluding carboxylic acids is 1. The Labute approximate surface area is 187 Å². The number of rotatable bonds is 7. The van der Waals surface area contributed by atoms with Crippen LogP contribution in [0.3, 0.4) is 0 Å². The maximum absolute atomic E-state index is 12.3. The van der Waals surface area contributed by atoms with E-state index in [0.717, 1.165) is 17.8 Å². The van der Waals surface area contributed by atoms with E-state index >= 15 is 0 Å². The van der Waals surface area contributed by atoms with Crippen molar-refractivity contribution in [1.82, 2.24) is 14.6 Å². The number of nitrogens with one attached hydrogen (secondary N) is 1. The summed E-state index contributed by atoms with van der Waals surface area (Å²) in [6, 6.07) is 15.1. The van der Waals surface area contributed by atoms with Gasteiger partial charge in [0.25, 0.3) is 11.5 Å². The van der Waals surface area contributed by atoms with E-state index in [9.17, 15) is 9.59 Å². The molecule has 4 rings (SSSR count). The van der Waals surface area contributed by atoms with Gasteiger partial charge in [-0.1, -0.05) is 35.9 Å². The number of halogens is 1. The first kappa shape index (κ1) is 21.0. The third-order valence-corrected chi connectivity index (χ3v) is 5.59. The summed E-state index contributed by atoms with van der Waals surface area (Å²) in [4.78, 5) is 29.6. The molecule has 4 aromatic rings. The lowest BCUT2D eigenvalue weighted by atomic mass is 10.2. The van der Waals surface area contributed by atoms with Gasteiger partial charge in [0.05, 0.1) is 5.69 Å². The molecule has 0 aliphatic carbocycles. The highest BCUT2D eigenvalue weighted by atomic mass is 35.5. The number of fused-ring (bicyclic) bond motifs is 1. The number of aryl methyl sites for hydroxylation is 1. The van der Waals surface area contributed by atoms with Crippen molar-refractivity contribution >= 4 is 39.5 Å². The molecule has 2 aromatic carbocycles. The van der Waals surface area contributed by atoms with Crippen LogP contribution in [0.4, 0.5) is 5.69 Å². The number of hydrogen-bond acceptors (Lipinski definition) is 6. The number of nitrogens with zero attached hydrogens (tertiary/aromatic N) is 3. The quantitative estimate of drug-likeness (QED) is 0.441. The lowest BCUT2D eigenvalue weighted by molar-refractivity contribution is 0.102. The fourth-order valence-electron chi connectivity index (χ4n) is 2.91. The number of carbonyl (C=O) groups is 1. The molecule has 0 unspecified atom stereocenters. The number of aromatic nitrogens is 3. The third-order valence-electron chi connectivity index (χ3n) is 4.39. The minimum atomic E-state index is -0.249. The summed E-state index contributed by atoms with van der Waals surface area (Å²) >= 11 is 7.34. The highest BCUT2D eigenvalue weighted by Crippen LogP contribution is 2.19. The third kappa shape index (κ3) is 5.10. The van der Waals surface area contributed by atoms with Crippen molar-refractivity contribution < 1.29 is 9.53 Å². The first-order chi connectivity index (χ1) is 15.0. The van der Waals surface area contributed by atoms with E-state index in [2.05, 4.69) is 22.3 Å². The van der Waals surface area contributed by atoms with Crippen LogP contribution in [0, 0.1) is 0 Å². The Kier molecular flexibility index (Phi) is 6.29. The Morgan fingerprint density at radius 1 is 1.19 bits per heavy atom. The predicted molar refractivity (Wildman–Crippen MR) is 121 cm³/mol. The fraction of sp³-hybridized carbons (Fsp3) is 0.182. The Balaban J connectivity index is 1.40. The molecule has 0 saturated heterocycles. The van der Waals surface area contributed by atoms with Gasteiger partial charge in [0, 0.05) is 28.8 Å². The molecule has 0 saturated carbocycles. The molecule has 2 aromatic heterocycles. The van der Waals surface area contributed by atoms with Crippen molar-refractivity contribution in [3.63, 3.8) is 0 Å². The Bertz CT molecular complexity index is 1280. The van der Waals surface area contributed by atoms with Crippen LogP contribution in [0.5, 0.6) is 5.75 Å². The van der Waals surface area contributed by atoms with Crippen molar-refractivity contribution in [2.45, 2.75) is 26.4 Å². The molecule has 0 aliphatic heterocycles. The van der Waals surface area contributed by atoms with Crippen LogP contribution in [0.25, 0.3) is 4.96 Å². The van der Waals surface area contributed by atoms with Crippen LogP contribution < -0.4 is 15.6 Å². The number of anilines is 1. The van der Waals surface area contributed by atoms with E-state index in [1.54, 1.807) is 48.5 Å². The normalized spacial score (nSPS) is 10.9. The Hall–Kier alpha value is -3.23. The second kappa shape index (κ2) is 9.28. The van der Waals surface area contributed by atoms with Crippen molar-refractivity contribution in [1.29, 1.82) is 0 Å². The summed E-state index contributed by atoms with van der Waals surface area (Å²) in [5, 5.41) is 8.50. The monoisotopic (exact) mass is 454 g/mol. The van der Waals surface area contributed by atoms with E-state index in [0.29, 0.717) is 32.7 Å². The van der Waals surface area contributed by atoms with Gasteiger partial charge in [0.15, 0.2) is 0 Å². The number of benzene rings is 2. The molecule has 0 fully saturated rings. The van der Waals surface area contributed by atoms with Gasteiger partial charge in [-0.2, -0.15) is 9.61 Å². The SMILES string of the molecule is CCCc1nn2c(=O)cc(COc3ccc(NC(=O)c4cccc(Cl)c4)cc3)nc2s1. The lowest BCUT2D eigenvalue weighted by Gasteiger charge is -2.08. The van der Waals surface area contributed by atoms with Crippen molar-refractivity contribution in [3.05, 3.63) is 86.2 Å². The Morgan fingerprint density at radius 3 is 2.74 bits per heavy atom.